The second kappa shape index (κ2) is 10.2. The fraction of sp³-hybridized carbons (Fsp3) is 0.393. The predicted molar refractivity (Wildman–Crippen MR) is 150 cm³/mol. The number of hydrogen-bond donors (Lipinski definition) is 1. The summed E-state index contributed by atoms with van der Waals surface area (Å²) in [6.45, 7) is 10.2. The van der Waals surface area contributed by atoms with Crippen molar-refractivity contribution in [2.45, 2.75) is 51.3 Å². The number of hydrogen-bond acceptors (Lipinski definition) is 6. The third-order valence-electron chi connectivity index (χ3n) is 6.30. The van der Waals surface area contributed by atoms with Crippen molar-refractivity contribution in [3.63, 3.8) is 0 Å². The predicted octanol–water partition coefficient (Wildman–Crippen LogP) is 5.25. The Morgan fingerprint density at radius 2 is 1.95 bits per heavy atom. The molecule has 0 aliphatic carbocycles. The molecule has 0 radical (unpaired) electrons. The molecule has 3 heterocycles. The van der Waals surface area contributed by atoms with E-state index in [9.17, 15) is 9.59 Å². The standard InChI is InChI=1S/C28H31ClN4O4S/c1-16(2)30-22(34)13-32-23(35)14-38-25(17-9-10-20-21(11-17)37-15-36-20)24-26(28(3,4)5)31-33(27(24)32)19-8-6-7-18(29)12-19/h6-12,16,25H,13-15H2,1-5H3,(H,30,34)/t25-/m0/s1. The van der Waals surface area contributed by atoms with Crippen LogP contribution in [0.25, 0.3) is 5.69 Å². The average molecular weight is 555 g/mol. The molecule has 38 heavy (non-hydrogen) atoms. The van der Waals surface area contributed by atoms with Gasteiger partial charge in [-0.05, 0) is 49.7 Å². The summed E-state index contributed by atoms with van der Waals surface area (Å²) in [6.07, 6.45) is 0. The number of nitrogens with zero attached hydrogens (tertiary/aromatic N) is 3. The molecule has 0 bridgehead atoms. The Bertz CT molecular complexity index is 1400. The molecule has 1 atom stereocenters. The van der Waals surface area contributed by atoms with Gasteiger partial charge in [-0.3, -0.25) is 14.5 Å². The van der Waals surface area contributed by atoms with E-state index in [0.717, 1.165) is 16.8 Å². The van der Waals surface area contributed by atoms with Crippen LogP contribution in [0.5, 0.6) is 11.5 Å². The molecule has 1 N–H and O–H groups in total. The van der Waals surface area contributed by atoms with Crippen LogP contribution in [0, 0.1) is 0 Å². The van der Waals surface area contributed by atoms with Crippen molar-refractivity contribution in [2.75, 3.05) is 24.0 Å². The Morgan fingerprint density at radius 1 is 1.18 bits per heavy atom. The topological polar surface area (TPSA) is 85.7 Å². The molecule has 0 saturated carbocycles. The summed E-state index contributed by atoms with van der Waals surface area (Å²) in [4.78, 5) is 28.2. The normalized spacial score (nSPS) is 17.0. The summed E-state index contributed by atoms with van der Waals surface area (Å²) in [5.41, 5.74) is 3.05. The van der Waals surface area contributed by atoms with Gasteiger partial charge < -0.3 is 14.8 Å². The van der Waals surface area contributed by atoms with E-state index >= 15 is 0 Å². The van der Waals surface area contributed by atoms with Crippen molar-refractivity contribution >= 4 is 41.0 Å². The van der Waals surface area contributed by atoms with Gasteiger partial charge in [0.15, 0.2) is 11.5 Å². The van der Waals surface area contributed by atoms with E-state index < -0.39 is 0 Å². The van der Waals surface area contributed by atoms with E-state index in [1.807, 2.05) is 50.2 Å². The Balaban J connectivity index is 1.76. The van der Waals surface area contributed by atoms with Crippen LogP contribution in [0.4, 0.5) is 5.82 Å². The molecular formula is C28H31ClN4O4S. The highest BCUT2D eigenvalue weighted by atomic mass is 35.5. The number of fused-ring (bicyclic) bond motifs is 2. The van der Waals surface area contributed by atoms with Gasteiger partial charge in [0, 0.05) is 22.0 Å². The summed E-state index contributed by atoms with van der Waals surface area (Å²) in [5, 5.41) is 8.32. The lowest BCUT2D eigenvalue weighted by Gasteiger charge is -2.25. The molecular weight excluding hydrogens is 524 g/mol. The third kappa shape index (κ3) is 5.09. The largest absolute Gasteiger partial charge is 0.454 e. The third-order valence-corrected chi connectivity index (χ3v) is 7.79. The maximum absolute atomic E-state index is 13.7. The number of nitrogens with one attached hydrogen (secondary N) is 1. The quantitative estimate of drug-likeness (QED) is 0.464. The Hall–Kier alpha value is -3.17. The first-order valence-electron chi connectivity index (χ1n) is 12.5. The van der Waals surface area contributed by atoms with Crippen molar-refractivity contribution in [3.8, 4) is 17.2 Å². The molecule has 0 unspecified atom stereocenters. The van der Waals surface area contributed by atoms with Crippen LogP contribution >= 0.6 is 23.4 Å². The van der Waals surface area contributed by atoms with E-state index in [4.69, 9.17) is 26.2 Å². The van der Waals surface area contributed by atoms with E-state index in [1.165, 1.54) is 11.8 Å². The SMILES string of the molecule is CC(C)NC(=O)CN1C(=O)CS[C@@H](c2ccc3c(c2)OCO3)c2c(C(C)(C)C)nn(-c3cccc(Cl)c3)c21. The lowest BCUT2D eigenvalue weighted by atomic mass is 9.87. The molecule has 1 aromatic heterocycles. The van der Waals surface area contributed by atoms with Gasteiger partial charge in [0.25, 0.3) is 0 Å². The van der Waals surface area contributed by atoms with Crippen molar-refractivity contribution < 1.29 is 19.1 Å². The van der Waals surface area contributed by atoms with Gasteiger partial charge in [0.1, 0.15) is 12.4 Å². The number of rotatable bonds is 5. The molecule has 3 aromatic rings. The fourth-order valence-electron chi connectivity index (χ4n) is 4.71. The van der Waals surface area contributed by atoms with Crippen LogP contribution in [0.1, 0.15) is 56.7 Å². The summed E-state index contributed by atoms with van der Waals surface area (Å²) >= 11 is 7.90. The lowest BCUT2D eigenvalue weighted by Crippen LogP contribution is -2.44. The minimum Gasteiger partial charge on any atom is -0.454 e. The highest BCUT2D eigenvalue weighted by Crippen LogP contribution is 2.50. The first kappa shape index (κ1) is 26.4. The number of aromatic nitrogens is 2. The first-order valence-corrected chi connectivity index (χ1v) is 14.0. The Kier molecular flexibility index (Phi) is 7.09. The van der Waals surface area contributed by atoms with Crippen molar-refractivity contribution in [1.82, 2.24) is 15.1 Å². The van der Waals surface area contributed by atoms with E-state index in [1.54, 1.807) is 15.6 Å². The number of halogens is 1. The number of anilines is 1. The van der Waals surface area contributed by atoms with Crippen molar-refractivity contribution in [3.05, 3.63) is 64.3 Å². The summed E-state index contributed by atoms with van der Waals surface area (Å²) in [6, 6.07) is 13.2. The van der Waals surface area contributed by atoms with Gasteiger partial charge in [0.2, 0.25) is 18.6 Å². The van der Waals surface area contributed by atoms with E-state index in [-0.39, 0.29) is 47.6 Å². The monoisotopic (exact) mass is 554 g/mol. The van der Waals surface area contributed by atoms with E-state index in [2.05, 4.69) is 26.1 Å². The molecule has 2 aromatic carbocycles. The maximum atomic E-state index is 13.7. The number of ether oxygens (including phenoxy) is 2. The lowest BCUT2D eigenvalue weighted by molar-refractivity contribution is -0.123. The second-order valence-corrected chi connectivity index (χ2v) is 12.3. The minimum absolute atomic E-state index is 0.0530. The zero-order chi connectivity index (χ0) is 27.2. The highest BCUT2D eigenvalue weighted by Gasteiger charge is 2.40. The average Bonchev–Trinajstić information content (AvgIpc) is 3.44. The summed E-state index contributed by atoms with van der Waals surface area (Å²) in [5.74, 6) is 1.74. The second-order valence-electron chi connectivity index (χ2n) is 10.7. The Morgan fingerprint density at radius 3 is 2.66 bits per heavy atom. The molecule has 2 amide bonds. The molecule has 10 heteroatoms. The first-order chi connectivity index (χ1) is 18.0. The van der Waals surface area contributed by atoms with Gasteiger partial charge in [-0.25, -0.2) is 4.68 Å². The minimum atomic E-state index is -0.359. The van der Waals surface area contributed by atoms with Crippen LogP contribution in [0.15, 0.2) is 42.5 Å². The van der Waals surface area contributed by atoms with Crippen LogP contribution in [0.3, 0.4) is 0 Å². The van der Waals surface area contributed by atoms with Gasteiger partial charge in [0.05, 0.1) is 22.4 Å². The van der Waals surface area contributed by atoms with E-state index in [0.29, 0.717) is 28.0 Å². The summed E-state index contributed by atoms with van der Waals surface area (Å²) < 4.78 is 13.0. The zero-order valence-corrected chi connectivity index (χ0v) is 23.7. The number of carbonyl (C=O) groups excluding carboxylic acids is 2. The molecule has 0 saturated heterocycles. The van der Waals surface area contributed by atoms with Crippen molar-refractivity contribution in [1.29, 1.82) is 0 Å². The molecule has 200 valence electrons. The number of thioether (sulfide) groups is 1. The number of carbonyl (C=O) groups is 2. The number of amides is 2. The van der Waals surface area contributed by atoms with Gasteiger partial charge in [-0.1, -0.05) is 44.5 Å². The zero-order valence-electron chi connectivity index (χ0n) is 22.1. The Labute approximate surface area is 231 Å². The van der Waals surface area contributed by atoms with Crippen LogP contribution in [0.2, 0.25) is 5.02 Å². The molecule has 8 nitrogen and oxygen atoms in total. The molecule has 5 rings (SSSR count). The van der Waals surface area contributed by atoms with Crippen LogP contribution in [-0.2, 0) is 15.0 Å². The number of benzene rings is 2. The molecule has 2 aliphatic heterocycles. The van der Waals surface area contributed by atoms with Crippen LogP contribution < -0.4 is 19.7 Å². The maximum Gasteiger partial charge on any atom is 0.240 e. The van der Waals surface area contributed by atoms with Gasteiger partial charge >= 0.3 is 0 Å². The fourth-order valence-corrected chi connectivity index (χ4v) is 6.08. The molecule has 0 fully saturated rings. The van der Waals surface area contributed by atoms with Gasteiger partial charge in [-0.2, -0.15) is 5.10 Å². The van der Waals surface area contributed by atoms with Crippen LogP contribution in [-0.4, -0.2) is 46.7 Å². The summed E-state index contributed by atoms with van der Waals surface area (Å²) in [7, 11) is 0. The van der Waals surface area contributed by atoms with Crippen molar-refractivity contribution in [2.24, 2.45) is 0 Å². The highest BCUT2D eigenvalue weighted by molar-refractivity contribution is 8.00. The smallest absolute Gasteiger partial charge is 0.240 e. The molecule has 2 aliphatic rings. The molecule has 0 spiro atoms. The van der Waals surface area contributed by atoms with Gasteiger partial charge in [-0.15, -0.1) is 11.8 Å².